The van der Waals surface area contributed by atoms with Gasteiger partial charge in [0.25, 0.3) is 5.91 Å². The Bertz CT molecular complexity index is 727. The number of carbonyl (C=O) groups excluding carboxylic acids is 1. The quantitative estimate of drug-likeness (QED) is 0.767. The lowest BCUT2D eigenvalue weighted by molar-refractivity contribution is 0.0977. The third-order valence-electron chi connectivity index (χ3n) is 2.89. The monoisotopic (exact) mass is 352 g/mol. The molecular formula is C16H14Cl2N2OS. The van der Waals surface area contributed by atoms with Crippen LogP contribution >= 0.6 is 35.4 Å². The number of benzene rings is 2. The Balaban J connectivity index is 2.06. The van der Waals surface area contributed by atoms with E-state index >= 15 is 0 Å². The van der Waals surface area contributed by atoms with Gasteiger partial charge in [0.15, 0.2) is 5.11 Å². The van der Waals surface area contributed by atoms with E-state index in [1.54, 1.807) is 30.3 Å². The fourth-order valence-corrected chi connectivity index (χ4v) is 2.68. The van der Waals surface area contributed by atoms with Crippen LogP contribution in [0, 0.1) is 13.8 Å². The van der Waals surface area contributed by atoms with E-state index in [2.05, 4.69) is 10.6 Å². The summed E-state index contributed by atoms with van der Waals surface area (Å²) in [6, 6.07) is 10.6. The van der Waals surface area contributed by atoms with Crippen molar-refractivity contribution in [2.24, 2.45) is 0 Å². The Hall–Kier alpha value is -1.62. The normalized spacial score (nSPS) is 10.2. The molecule has 0 heterocycles. The van der Waals surface area contributed by atoms with E-state index in [-0.39, 0.29) is 11.0 Å². The second kappa shape index (κ2) is 7.09. The number of hydrogen-bond donors (Lipinski definition) is 2. The first-order valence-electron chi connectivity index (χ1n) is 6.51. The molecule has 0 aliphatic carbocycles. The topological polar surface area (TPSA) is 41.1 Å². The molecular weight excluding hydrogens is 339 g/mol. The van der Waals surface area contributed by atoms with Crippen molar-refractivity contribution in [3.8, 4) is 0 Å². The van der Waals surface area contributed by atoms with Crippen molar-refractivity contribution in [3.63, 3.8) is 0 Å². The third kappa shape index (κ3) is 4.44. The van der Waals surface area contributed by atoms with E-state index in [9.17, 15) is 4.79 Å². The number of halogens is 2. The van der Waals surface area contributed by atoms with Crippen molar-refractivity contribution < 1.29 is 4.79 Å². The maximum Gasteiger partial charge on any atom is 0.257 e. The van der Waals surface area contributed by atoms with Crippen LogP contribution in [-0.2, 0) is 0 Å². The maximum atomic E-state index is 12.2. The zero-order valence-corrected chi connectivity index (χ0v) is 14.4. The molecule has 0 aliphatic rings. The minimum Gasteiger partial charge on any atom is -0.331 e. The van der Waals surface area contributed by atoms with E-state index in [1.165, 1.54) is 0 Å². The second-order valence-electron chi connectivity index (χ2n) is 4.91. The molecule has 1 amide bonds. The summed E-state index contributed by atoms with van der Waals surface area (Å²) in [4.78, 5) is 12.2. The van der Waals surface area contributed by atoms with Crippen LogP contribution in [0.5, 0.6) is 0 Å². The Morgan fingerprint density at radius 2 is 1.68 bits per heavy atom. The molecule has 0 spiro atoms. The summed E-state index contributed by atoms with van der Waals surface area (Å²) in [5.41, 5.74) is 3.18. The Labute approximate surface area is 144 Å². The van der Waals surface area contributed by atoms with Crippen LogP contribution in [0.1, 0.15) is 21.5 Å². The molecule has 2 N–H and O–H groups in total. The lowest BCUT2D eigenvalue weighted by Gasteiger charge is -2.11. The standard InChI is InChI=1S/C16H14Cl2N2OS/c1-9-5-10(2)7-11(6-9)15(21)20-16(22)19-14-4-3-12(17)8-13(14)18/h3-8H,1-2H3,(H2,19,20,21,22). The molecule has 0 aliphatic heterocycles. The van der Waals surface area contributed by atoms with Crippen LogP contribution in [0.2, 0.25) is 10.0 Å². The summed E-state index contributed by atoms with van der Waals surface area (Å²) in [6.45, 7) is 3.88. The average Bonchev–Trinajstić information content (AvgIpc) is 2.40. The number of nitrogens with one attached hydrogen (secondary N) is 2. The minimum atomic E-state index is -0.269. The highest BCUT2D eigenvalue weighted by molar-refractivity contribution is 7.80. The van der Waals surface area contributed by atoms with Crippen molar-refractivity contribution in [3.05, 3.63) is 63.1 Å². The van der Waals surface area contributed by atoms with Gasteiger partial charge in [0, 0.05) is 10.6 Å². The smallest absolute Gasteiger partial charge is 0.257 e. The maximum absolute atomic E-state index is 12.2. The number of amides is 1. The first-order chi connectivity index (χ1) is 10.3. The Morgan fingerprint density at radius 3 is 2.27 bits per heavy atom. The first-order valence-corrected chi connectivity index (χ1v) is 7.67. The molecule has 0 atom stereocenters. The van der Waals surface area contributed by atoms with Gasteiger partial charge in [0.2, 0.25) is 0 Å². The van der Waals surface area contributed by atoms with Crippen molar-refractivity contribution >= 4 is 52.1 Å². The van der Waals surface area contributed by atoms with Crippen molar-refractivity contribution in [1.29, 1.82) is 0 Å². The van der Waals surface area contributed by atoms with E-state index in [4.69, 9.17) is 35.4 Å². The number of thiocarbonyl (C=S) groups is 1. The molecule has 0 radical (unpaired) electrons. The summed E-state index contributed by atoms with van der Waals surface area (Å²) < 4.78 is 0. The van der Waals surface area contributed by atoms with Crippen molar-refractivity contribution in [2.75, 3.05) is 5.32 Å². The lowest BCUT2D eigenvalue weighted by Crippen LogP contribution is -2.34. The van der Waals surface area contributed by atoms with Gasteiger partial charge in [0.05, 0.1) is 10.7 Å². The summed E-state index contributed by atoms with van der Waals surface area (Å²) in [6.07, 6.45) is 0. The first kappa shape index (κ1) is 16.7. The molecule has 0 aromatic heterocycles. The molecule has 2 rings (SSSR count). The van der Waals surface area contributed by atoms with E-state index in [0.717, 1.165) is 11.1 Å². The molecule has 0 saturated carbocycles. The van der Waals surface area contributed by atoms with Crippen LogP contribution in [-0.4, -0.2) is 11.0 Å². The third-order valence-corrected chi connectivity index (χ3v) is 3.64. The lowest BCUT2D eigenvalue weighted by atomic mass is 10.1. The predicted molar refractivity (Wildman–Crippen MR) is 96.1 cm³/mol. The molecule has 0 fully saturated rings. The van der Waals surface area contributed by atoms with Gasteiger partial charge < -0.3 is 5.32 Å². The van der Waals surface area contributed by atoms with Crippen molar-refractivity contribution in [2.45, 2.75) is 13.8 Å². The van der Waals surface area contributed by atoms with E-state index < -0.39 is 0 Å². The Kier molecular flexibility index (Phi) is 5.40. The highest BCUT2D eigenvalue weighted by Gasteiger charge is 2.10. The number of carbonyl (C=O) groups is 1. The summed E-state index contributed by atoms with van der Waals surface area (Å²) in [5, 5.41) is 6.64. The molecule has 6 heteroatoms. The SMILES string of the molecule is Cc1cc(C)cc(C(=O)NC(=S)Nc2ccc(Cl)cc2Cl)c1. The van der Waals surface area contributed by atoms with Gasteiger partial charge in [-0.1, -0.05) is 40.4 Å². The second-order valence-corrected chi connectivity index (χ2v) is 6.16. The van der Waals surface area contributed by atoms with Crippen LogP contribution in [0.3, 0.4) is 0 Å². The Morgan fingerprint density at radius 1 is 1.05 bits per heavy atom. The average molecular weight is 353 g/mol. The van der Waals surface area contributed by atoms with Gasteiger partial charge in [-0.05, 0) is 56.4 Å². The van der Waals surface area contributed by atoms with E-state index in [1.807, 2.05) is 19.9 Å². The number of aryl methyl sites for hydroxylation is 2. The fourth-order valence-electron chi connectivity index (χ4n) is 2.03. The van der Waals surface area contributed by atoms with Gasteiger partial charge in [-0.25, -0.2) is 0 Å². The zero-order chi connectivity index (χ0) is 16.3. The molecule has 2 aromatic rings. The zero-order valence-electron chi connectivity index (χ0n) is 12.0. The molecule has 0 bridgehead atoms. The van der Waals surface area contributed by atoms with E-state index in [0.29, 0.717) is 21.3 Å². The molecule has 0 saturated heterocycles. The number of anilines is 1. The van der Waals surface area contributed by atoms with Gasteiger partial charge >= 0.3 is 0 Å². The van der Waals surface area contributed by atoms with Crippen LogP contribution < -0.4 is 10.6 Å². The summed E-state index contributed by atoms with van der Waals surface area (Å²) in [5.74, 6) is -0.269. The molecule has 22 heavy (non-hydrogen) atoms. The number of rotatable bonds is 2. The summed E-state index contributed by atoms with van der Waals surface area (Å²) >= 11 is 17.0. The highest BCUT2D eigenvalue weighted by Crippen LogP contribution is 2.25. The predicted octanol–water partition coefficient (Wildman–Crippen LogP) is 4.74. The van der Waals surface area contributed by atoms with Gasteiger partial charge in [-0.2, -0.15) is 0 Å². The van der Waals surface area contributed by atoms with Gasteiger partial charge in [-0.3, -0.25) is 10.1 Å². The molecule has 3 nitrogen and oxygen atoms in total. The van der Waals surface area contributed by atoms with Gasteiger partial charge in [-0.15, -0.1) is 0 Å². The fraction of sp³-hybridized carbons (Fsp3) is 0.125. The van der Waals surface area contributed by atoms with Crippen molar-refractivity contribution in [1.82, 2.24) is 5.32 Å². The largest absolute Gasteiger partial charge is 0.331 e. The minimum absolute atomic E-state index is 0.174. The van der Waals surface area contributed by atoms with Crippen LogP contribution in [0.15, 0.2) is 36.4 Å². The highest BCUT2D eigenvalue weighted by atomic mass is 35.5. The molecule has 0 unspecified atom stereocenters. The number of hydrogen-bond acceptors (Lipinski definition) is 2. The molecule has 2 aromatic carbocycles. The summed E-state index contributed by atoms with van der Waals surface area (Å²) in [7, 11) is 0. The van der Waals surface area contributed by atoms with Crippen LogP contribution in [0.25, 0.3) is 0 Å². The molecule has 114 valence electrons. The van der Waals surface area contributed by atoms with Gasteiger partial charge in [0.1, 0.15) is 0 Å². The van der Waals surface area contributed by atoms with Crippen LogP contribution in [0.4, 0.5) is 5.69 Å².